The summed E-state index contributed by atoms with van der Waals surface area (Å²) in [6, 6.07) is 36.1. The Morgan fingerprint density at radius 2 is 1.36 bits per heavy atom. The topological polar surface area (TPSA) is 17.8 Å². The summed E-state index contributed by atoms with van der Waals surface area (Å²) < 4.78 is 5.25. The van der Waals surface area contributed by atoms with Crippen molar-refractivity contribution in [1.82, 2.24) is 9.55 Å². The molecule has 0 unspecified atom stereocenters. The van der Waals surface area contributed by atoms with Gasteiger partial charge in [0.25, 0.3) is 0 Å². The fourth-order valence-electron chi connectivity index (χ4n) is 7.32. The van der Waals surface area contributed by atoms with Crippen LogP contribution in [0, 0.1) is 0 Å². The van der Waals surface area contributed by atoms with E-state index in [1.54, 1.807) is 11.1 Å². The fraction of sp³-hybridized carbons (Fsp3) is 0.244. The molecule has 0 spiro atoms. The van der Waals surface area contributed by atoms with Crippen molar-refractivity contribution in [3.05, 3.63) is 119 Å². The molecule has 0 aliphatic heterocycles. The van der Waals surface area contributed by atoms with E-state index < -0.39 is 0 Å². The number of nitrogens with zero attached hydrogens (tertiary/aromatic N) is 2. The van der Waals surface area contributed by atoms with E-state index in [-0.39, 0.29) is 0 Å². The molecule has 44 heavy (non-hydrogen) atoms. The maximum atomic E-state index is 5.37. The van der Waals surface area contributed by atoms with Gasteiger partial charge in [0.05, 0.1) is 16.7 Å². The molecule has 8 rings (SSSR count). The molecule has 0 atom stereocenters. The highest BCUT2D eigenvalue weighted by Crippen LogP contribution is 2.43. The number of aryl methyl sites for hydroxylation is 2. The van der Waals surface area contributed by atoms with Gasteiger partial charge < -0.3 is 0 Å². The van der Waals surface area contributed by atoms with Crippen molar-refractivity contribution in [2.75, 3.05) is 0 Å². The second-order valence-corrected chi connectivity index (χ2v) is 14.1. The third-order valence-corrected chi connectivity index (χ3v) is 10.7. The highest BCUT2D eigenvalue weighted by atomic mass is 32.1. The lowest BCUT2D eigenvalue weighted by Gasteiger charge is -2.24. The third kappa shape index (κ3) is 4.40. The molecular formula is C41H38N2S. The van der Waals surface area contributed by atoms with Gasteiger partial charge in [-0.2, -0.15) is 0 Å². The Hall–Kier alpha value is -4.21. The molecule has 1 aliphatic rings. The van der Waals surface area contributed by atoms with E-state index in [1.807, 2.05) is 11.3 Å². The number of fused-ring (bicyclic) bond motifs is 6. The predicted molar refractivity (Wildman–Crippen MR) is 190 cm³/mol. The van der Waals surface area contributed by atoms with Crippen LogP contribution in [-0.2, 0) is 12.8 Å². The molecule has 3 heteroatoms. The SMILES string of the molecule is CC(C)c1cc(-c2ccccc2)cc(C(C)C)c1-n1c(-c2ccc3sc4ccc5c(c4c3c2)CCCC5)nc2ccccc21. The first-order valence-corrected chi connectivity index (χ1v) is 17.0. The zero-order valence-corrected chi connectivity index (χ0v) is 26.8. The highest BCUT2D eigenvalue weighted by Gasteiger charge is 2.24. The van der Waals surface area contributed by atoms with Crippen LogP contribution in [0.1, 0.15) is 74.6 Å². The first-order chi connectivity index (χ1) is 21.5. The van der Waals surface area contributed by atoms with E-state index in [0.717, 1.165) is 16.9 Å². The average Bonchev–Trinajstić information content (AvgIpc) is 3.63. The monoisotopic (exact) mass is 590 g/mol. The van der Waals surface area contributed by atoms with Crippen molar-refractivity contribution in [3.8, 4) is 28.2 Å². The first-order valence-electron chi connectivity index (χ1n) is 16.2. The summed E-state index contributed by atoms with van der Waals surface area (Å²) in [6.07, 6.45) is 4.97. The molecule has 1 aliphatic carbocycles. The van der Waals surface area contributed by atoms with E-state index in [1.165, 1.54) is 79.4 Å². The minimum absolute atomic E-state index is 0.343. The zero-order valence-electron chi connectivity index (χ0n) is 26.0. The molecule has 0 N–H and O–H groups in total. The van der Waals surface area contributed by atoms with E-state index in [2.05, 4.69) is 129 Å². The zero-order chi connectivity index (χ0) is 29.9. The highest BCUT2D eigenvalue weighted by molar-refractivity contribution is 7.25. The lowest BCUT2D eigenvalue weighted by molar-refractivity contribution is 0.690. The second kappa shape index (κ2) is 10.7. The molecule has 0 radical (unpaired) electrons. The van der Waals surface area contributed by atoms with Crippen LogP contribution in [0.15, 0.2) is 97.1 Å². The van der Waals surface area contributed by atoms with Gasteiger partial charge in [0.15, 0.2) is 0 Å². The Bertz CT molecular complexity index is 2150. The van der Waals surface area contributed by atoms with Crippen molar-refractivity contribution < 1.29 is 0 Å². The van der Waals surface area contributed by atoms with Crippen LogP contribution in [0.2, 0.25) is 0 Å². The molecule has 218 valence electrons. The molecule has 7 aromatic rings. The van der Waals surface area contributed by atoms with Crippen LogP contribution in [0.25, 0.3) is 59.4 Å². The van der Waals surface area contributed by atoms with Crippen molar-refractivity contribution in [3.63, 3.8) is 0 Å². The van der Waals surface area contributed by atoms with Crippen LogP contribution in [0.3, 0.4) is 0 Å². The van der Waals surface area contributed by atoms with E-state index >= 15 is 0 Å². The largest absolute Gasteiger partial charge is 0.292 e. The minimum Gasteiger partial charge on any atom is -0.292 e. The number of imidazole rings is 1. The molecule has 0 bridgehead atoms. The van der Waals surface area contributed by atoms with Crippen LogP contribution in [-0.4, -0.2) is 9.55 Å². The van der Waals surface area contributed by atoms with Crippen molar-refractivity contribution in [2.24, 2.45) is 0 Å². The number of para-hydroxylation sites is 2. The maximum Gasteiger partial charge on any atom is 0.145 e. The smallest absolute Gasteiger partial charge is 0.145 e. The van der Waals surface area contributed by atoms with Gasteiger partial charge in [-0.1, -0.05) is 76.2 Å². The Morgan fingerprint density at radius 1 is 0.659 bits per heavy atom. The van der Waals surface area contributed by atoms with Gasteiger partial charge in [-0.05, 0) is 119 Å². The molecule has 0 amide bonds. The molecule has 0 saturated carbocycles. The Balaban J connectivity index is 1.42. The van der Waals surface area contributed by atoms with Gasteiger partial charge in [-0.25, -0.2) is 4.98 Å². The second-order valence-electron chi connectivity index (χ2n) is 13.0. The number of hydrogen-bond donors (Lipinski definition) is 0. The number of benzene rings is 5. The predicted octanol–water partition coefficient (Wildman–Crippen LogP) is 11.9. The minimum atomic E-state index is 0.343. The number of rotatable bonds is 5. The van der Waals surface area contributed by atoms with Crippen LogP contribution < -0.4 is 0 Å². The van der Waals surface area contributed by atoms with Gasteiger partial charge >= 0.3 is 0 Å². The van der Waals surface area contributed by atoms with Crippen LogP contribution in [0.5, 0.6) is 0 Å². The van der Waals surface area contributed by atoms with Gasteiger partial charge in [0, 0.05) is 25.7 Å². The molecular weight excluding hydrogens is 553 g/mol. The van der Waals surface area contributed by atoms with Crippen molar-refractivity contribution in [2.45, 2.75) is 65.2 Å². The first kappa shape index (κ1) is 27.3. The Morgan fingerprint density at radius 3 is 2.14 bits per heavy atom. The fourth-order valence-corrected chi connectivity index (χ4v) is 8.44. The van der Waals surface area contributed by atoms with Gasteiger partial charge in [-0.15, -0.1) is 11.3 Å². The summed E-state index contributed by atoms with van der Waals surface area (Å²) >= 11 is 1.93. The van der Waals surface area contributed by atoms with Gasteiger partial charge in [-0.3, -0.25) is 4.57 Å². The van der Waals surface area contributed by atoms with Crippen LogP contribution in [0.4, 0.5) is 0 Å². The number of thiophene rings is 1. The molecule has 0 fully saturated rings. The van der Waals surface area contributed by atoms with E-state index in [0.29, 0.717) is 11.8 Å². The van der Waals surface area contributed by atoms with Crippen molar-refractivity contribution >= 4 is 42.5 Å². The Labute approximate surface area is 264 Å². The summed E-state index contributed by atoms with van der Waals surface area (Å²) in [7, 11) is 0. The van der Waals surface area contributed by atoms with Crippen LogP contribution >= 0.6 is 11.3 Å². The number of aromatic nitrogens is 2. The number of hydrogen-bond acceptors (Lipinski definition) is 2. The van der Waals surface area contributed by atoms with Gasteiger partial charge in [0.1, 0.15) is 5.82 Å². The molecule has 2 nitrogen and oxygen atoms in total. The summed E-state index contributed by atoms with van der Waals surface area (Å²) in [5, 5.41) is 2.86. The van der Waals surface area contributed by atoms with E-state index in [9.17, 15) is 0 Å². The van der Waals surface area contributed by atoms with E-state index in [4.69, 9.17) is 4.98 Å². The van der Waals surface area contributed by atoms with Gasteiger partial charge in [0.2, 0.25) is 0 Å². The molecule has 2 heterocycles. The molecule has 5 aromatic carbocycles. The standard InChI is InChI=1S/C41H38N2S/c1-25(2)32-23-30(27-12-6-5-7-13-27)24-33(26(3)4)40(32)43-36-17-11-10-16-35(36)42-41(43)29-19-20-37-34(22-29)39-31-15-9-8-14-28(31)18-21-38(39)44-37/h5-7,10-13,16-26H,8-9,14-15H2,1-4H3. The average molecular weight is 591 g/mol. The summed E-state index contributed by atoms with van der Waals surface area (Å²) in [5.74, 6) is 1.71. The third-order valence-electron chi connectivity index (χ3n) is 9.53. The van der Waals surface area contributed by atoms with Crippen molar-refractivity contribution in [1.29, 1.82) is 0 Å². The maximum absolute atomic E-state index is 5.37. The summed E-state index contributed by atoms with van der Waals surface area (Å²) in [4.78, 5) is 5.37. The lowest BCUT2D eigenvalue weighted by Crippen LogP contribution is -2.09. The summed E-state index contributed by atoms with van der Waals surface area (Å²) in [5.41, 5.74) is 13.0. The Kier molecular flexibility index (Phi) is 6.68. The lowest BCUT2D eigenvalue weighted by atomic mass is 9.88. The normalized spacial score (nSPS) is 13.5. The molecule has 2 aromatic heterocycles. The molecule has 0 saturated heterocycles. The quantitative estimate of drug-likeness (QED) is 0.195. The summed E-state index contributed by atoms with van der Waals surface area (Å²) in [6.45, 7) is 9.29.